The first-order valence-electron chi connectivity index (χ1n) is 6.61. The molecule has 0 atom stereocenters. The van der Waals surface area contributed by atoms with Crippen LogP contribution in [0.25, 0.3) is 0 Å². The number of sulfonamides is 1. The predicted octanol–water partition coefficient (Wildman–Crippen LogP) is 2.41. The maximum atomic E-state index is 13.6. The minimum Gasteiger partial charge on any atom is -0.326 e. The minimum absolute atomic E-state index is 0.0131. The fraction of sp³-hybridized carbons (Fsp3) is 0.538. The van der Waals surface area contributed by atoms with E-state index >= 15 is 0 Å². The van der Waals surface area contributed by atoms with E-state index in [-0.39, 0.29) is 22.0 Å². The Bertz CT molecular complexity index is 588. The topological polar surface area (TPSA) is 72.2 Å². The van der Waals surface area contributed by atoms with E-state index in [2.05, 4.69) is 4.72 Å². The van der Waals surface area contributed by atoms with Crippen LogP contribution in [0.1, 0.15) is 31.2 Å². The van der Waals surface area contributed by atoms with Gasteiger partial charge in [-0.2, -0.15) is 0 Å². The lowest BCUT2D eigenvalue weighted by Gasteiger charge is -2.09. The lowest BCUT2D eigenvalue weighted by atomic mass is 10.2. The molecule has 0 heterocycles. The van der Waals surface area contributed by atoms with Crippen molar-refractivity contribution in [2.75, 3.05) is 6.54 Å². The molecule has 1 saturated carbocycles. The Morgan fingerprint density at radius 2 is 2.10 bits per heavy atom. The summed E-state index contributed by atoms with van der Waals surface area (Å²) in [5.41, 5.74) is 5.71. The highest BCUT2D eigenvalue weighted by Crippen LogP contribution is 2.33. The average Bonchev–Trinajstić information content (AvgIpc) is 3.21. The Hall–Kier alpha value is -0.690. The Morgan fingerprint density at radius 3 is 2.70 bits per heavy atom. The van der Waals surface area contributed by atoms with Gasteiger partial charge in [-0.05, 0) is 36.5 Å². The summed E-state index contributed by atoms with van der Waals surface area (Å²) < 4.78 is 40.2. The second-order valence-corrected chi connectivity index (χ2v) is 7.21. The van der Waals surface area contributed by atoms with Gasteiger partial charge in [-0.1, -0.05) is 24.4 Å². The molecule has 7 heteroatoms. The van der Waals surface area contributed by atoms with Gasteiger partial charge in [-0.3, -0.25) is 0 Å². The number of nitrogens with two attached hydrogens (primary N) is 1. The number of benzene rings is 1. The molecule has 1 aromatic carbocycles. The molecule has 0 aromatic heterocycles. The summed E-state index contributed by atoms with van der Waals surface area (Å²) in [6, 6.07) is 2.24. The average molecular weight is 321 g/mol. The summed E-state index contributed by atoms with van der Waals surface area (Å²) >= 11 is 5.71. The van der Waals surface area contributed by atoms with Crippen LogP contribution in [-0.4, -0.2) is 15.0 Å². The molecule has 4 nitrogen and oxygen atoms in total. The van der Waals surface area contributed by atoms with Crippen LogP contribution in [0.4, 0.5) is 4.39 Å². The molecule has 0 aliphatic heterocycles. The quantitative estimate of drug-likeness (QED) is 0.758. The van der Waals surface area contributed by atoms with Gasteiger partial charge in [0.25, 0.3) is 0 Å². The van der Waals surface area contributed by atoms with Crippen molar-refractivity contribution in [2.45, 2.75) is 37.1 Å². The van der Waals surface area contributed by atoms with E-state index in [1.807, 2.05) is 0 Å². The van der Waals surface area contributed by atoms with E-state index in [0.717, 1.165) is 24.8 Å². The largest absolute Gasteiger partial charge is 0.326 e. The SMILES string of the molecule is NCc1cc(S(=O)(=O)NCCCC2CC2)cc(F)c1Cl. The molecule has 1 aliphatic rings. The third kappa shape index (κ3) is 3.91. The lowest BCUT2D eigenvalue weighted by Crippen LogP contribution is -2.25. The molecule has 0 unspecified atom stereocenters. The van der Waals surface area contributed by atoms with E-state index in [1.165, 1.54) is 18.9 Å². The second-order valence-electron chi connectivity index (χ2n) is 5.07. The fourth-order valence-corrected chi connectivity index (χ4v) is 3.33. The molecule has 20 heavy (non-hydrogen) atoms. The van der Waals surface area contributed by atoms with Gasteiger partial charge in [0.2, 0.25) is 10.0 Å². The Labute approximate surface area is 123 Å². The van der Waals surface area contributed by atoms with E-state index in [1.54, 1.807) is 0 Å². The first-order chi connectivity index (χ1) is 9.44. The predicted molar refractivity (Wildman–Crippen MR) is 76.4 cm³/mol. The lowest BCUT2D eigenvalue weighted by molar-refractivity contribution is 0.569. The molecule has 1 aromatic rings. The van der Waals surface area contributed by atoms with Gasteiger partial charge in [0, 0.05) is 13.1 Å². The Morgan fingerprint density at radius 1 is 1.40 bits per heavy atom. The standard InChI is InChI=1S/C13H18ClFN2O2S/c14-13-10(8-16)6-11(7-12(13)15)20(18,19)17-5-1-2-9-3-4-9/h6-7,9,17H,1-5,8,16H2. The van der Waals surface area contributed by atoms with Crippen LogP contribution >= 0.6 is 11.6 Å². The van der Waals surface area contributed by atoms with Crippen molar-refractivity contribution < 1.29 is 12.8 Å². The molecule has 2 rings (SSSR count). The zero-order valence-electron chi connectivity index (χ0n) is 11.0. The van der Waals surface area contributed by atoms with E-state index in [0.29, 0.717) is 6.54 Å². The van der Waals surface area contributed by atoms with Gasteiger partial charge in [0.05, 0.1) is 9.92 Å². The summed E-state index contributed by atoms with van der Waals surface area (Å²) in [5, 5.41) is -0.125. The van der Waals surface area contributed by atoms with E-state index in [4.69, 9.17) is 17.3 Å². The first kappa shape index (κ1) is 15.7. The van der Waals surface area contributed by atoms with Crippen molar-refractivity contribution in [1.29, 1.82) is 0 Å². The van der Waals surface area contributed by atoms with Crippen LogP contribution in [0.2, 0.25) is 5.02 Å². The maximum absolute atomic E-state index is 13.6. The third-order valence-electron chi connectivity index (χ3n) is 3.39. The Kier molecular flexibility index (Phi) is 5.01. The van der Waals surface area contributed by atoms with Crippen LogP contribution in [-0.2, 0) is 16.6 Å². The van der Waals surface area contributed by atoms with Gasteiger partial charge in [-0.25, -0.2) is 17.5 Å². The van der Waals surface area contributed by atoms with Crippen molar-refractivity contribution >= 4 is 21.6 Å². The fourth-order valence-electron chi connectivity index (χ4n) is 2.01. The third-order valence-corrected chi connectivity index (χ3v) is 5.25. The summed E-state index contributed by atoms with van der Waals surface area (Å²) in [6.45, 7) is 0.349. The smallest absolute Gasteiger partial charge is 0.240 e. The molecule has 0 bridgehead atoms. The van der Waals surface area contributed by atoms with Crippen LogP contribution < -0.4 is 10.5 Å². The van der Waals surface area contributed by atoms with Gasteiger partial charge in [-0.15, -0.1) is 0 Å². The highest BCUT2D eigenvalue weighted by Gasteiger charge is 2.21. The molecule has 0 amide bonds. The van der Waals surface area contributed by atoms with Crippen LogP contribution in [0.3, 0.4) is 0 Å². The molecule has 0 radical (unpaired) electrons. The first-order valence-corrected chi connectivity index (χ1v) is 8.48. The molecule has 112 valence electrons. The van der Waals surface area contributed by atoms with Crippen molar-refractivity contribution in [2.24, 2.45) is 11.7 Å². The number of hydrogen-bond acceptors (Lipinski definition) is 3. The number of halogens is 2. The van der Waals surface area contributed by atoms with Crippen molar-refractivity contribution in [3.63, 3.8) is 0 Å². The van der Waals surface area contributed by atoms with Crippen LogP contribution in [0.5, 0.6) is 0 Å². The number of nitrogens with one attached hydrogen (secondary N) is 1. The molecule has 0 saturated heterocycles. The minimum atomic E-state index is -3.71. The molecule has 0 spiro atoms. The van der Waals surface area contributed by atoms with Crippen LogP contribution in [0.15, 0.2) is 17.0 Å². The highest BCUT2D eigenvalue weighted by molar-refractivity contribution is 7.89. The summed E-state index contributed by atoms with van der Waals surface area (Å²) in [7, 11) is -3.71. The molecule has 1 aliphatic carbocycles. The van der Waals surface area contributed by atoms with Crippen LogP contribution in [0, 0.1) is 11.7 Å². The molecule has 3 N–H and O–H groups in total. The van der Waals surface area contributed by atoms with Crippen molar-refractivity contribution in [3.05, 3.63) is 28.5 Å². The molecule has 1 fully saturated rings. The van der Waals surface area contributed by atoms with Gasteiger partial charge >= 0.3 is 0 Å². The normalized spacial score (nSPS) is 15.6. The van der Waals surface area contributed by atoms with E-state index in [9.17, 15) is 12.8 Å². The van der Waals surface area contributed by atoms with Gasteiger partial charge < -0.3 is 5.73 Å². The summed E-state index contributed by atoms with van der Waals surface area (Å²) in [6.07, 6.45) is 4.32. The van der Waals surface area contributed by atoms with E-state index < -0.39 is 15.8 Å². The van der Waals surface area contributed by atoms with Crippen molar-refractivity contribution in [1.82, 2.24) is 4.72 Å². The molecular formula is C13H18ClFN2O2S. The van der Waals surface area contributed by atoms with Gasteiger partial charge in [0.15, 0.2) is 0 Å². The highest BCUT2D eigenvalue weighted by atomic mass is 35.5. The monoisotopic (exact) mass is 320 g/mol. The number of hydrogen-bond donors (Lipinski definition) is 2. The zero-order valence-corrected chi connectivity index (χ0v) is 12.6. The van der Waals surface area contributed by atoms with Gasteiger partial charge in [0.1, 0.15) is 5.82 Å². The summed E-state index contributed by atoms with van der Waals surface area (Å²) in [4.78, 5) is -0.133. The Balaban J connectivity index is 2.05. The van der Waals surface area contributed by atoms with Crippen molar-refractivity contribution in [3.8, 4) is 0 Å². The maximum Gasteiger partial charge on any atom is 0.240 e. The summed E-state index contributed by atoms with van der Waals surface area (Å²) in [5.74, 6) is -0.00991. The molecular weight excluding hydrogens is 303 g/mol. The number of rotatable bonds is 7. The zero-order chi connectivity index (χ0) is 14.8. The second kappa shape index (κ2) is 6.39.